The molecule has 1 N–H and O–H groups in total. The molecule has 0 radical (unpaired) electrons. The van der Waals surface area contributed by atoms with Crippen LogP contribution in [-0.4, -0.2) is 40.0 Å². The summed E-state index contributed by atoms with van der Waals surface area (Å²) in [6.07, 6.45) is -1.38. The minimum absolute atomic E-state index is 0.154. The second kappa shape index (κ2) is 14.6. The zero-order chi connectivity index (χ0) is 30.8. The molecule has 4 aromatic rings. The summed E-state index contributed by atoms with van der Waals surface area (Å²) in [5, 5.41) is 0.669. The first-order chi connectivity index (χ1) is 20.8. The number of para-hydroxylation sites is 2. The number of carbonyl (C=O) groups excluding carboxylic acids is 2. The first-order valence-electron chi connectivity index (χ1n) is 13.7. The maximum atomic E-state index is 12.9. The van der Waals surface area contributed by atoms with Crippen LogP contribution in [0.3, 0.4) is 0 Å². The Bertz CT molecular complexity index is 1670. The Balaban J connectivity index is 1.49. The summed E-state index contributed by atoms with van der Waals surface area (Å²) < 4.78 is 17.6. The summed E-state index contributed by atoms with van der Waals surface area (Å²) in [7, 11) is 0. The first kappa shape index (κ1) is 30.8. The van der Waals surface area contributed by atoms with Crippen LogP contribution in [0.15, 0.2) is 88.5 Å². The summed E-state index contributed by atoms with van der Waals surface area (Å²) >= 11 is 0. The van der Waals surface area contributed by atoms with E-state index < -0.39 is 23.5 Å². The summed E-state index contributed by atoms with van der Waals surface area (Å²) in [5.41, 5.74) is 3.09. The number of aromatic nitrogens is 2. The summed E-state index contributed by atoms with van der Waals surface area (Å²) in [5.74, 6) is 0.460. The van der Waals surface area contributed by atoms with E-state index in [2.05, 4.69) is 4.98 Å². The third kappa shape index (κ3) is 8.20. The molecule has 0 saturated heterocycles. The Hall–Kier alpha value is -5.16. The lowest BCUT2D eigenvalue weighted by atomic mass is 9.97. The van der Waals surface area contributed by atoms with Gasteiger partial charge in [0.2, 0.25) is 0 Å². The van der Waals surface area contributed by atoms with Crippen LogP contribution in [0.1, 0.15) is 34.9 Å². The highest BCUT2D eigenvalue weighted by Crippen LogP contribution is 2.18. The van der Waals surface area contributed by atoms with E-state index in [1.54, 1.807) is 60.7 Å². The van der Waals surface area contributed by atoms with E-state index >= 15 is 0 Å². The van der Waals surface area contributed by atoms with Crippen molar-refractivity contribution in [3.8, 4) is 11.5 Å². The Labute approximate surface area is 248 Å². The molecule has 0 spiro atoms. The molecule has 43 heavy (non-hydrogen) atoms. The number of hydrogen-bond acceptors (Lipinski definition) is 8. The van der Waals surface area contributed by atoms with Crippen LogP contribution in [0, 0.1) is 13.8 Å². The van der Waals surface area contributed by atoms with Crippen LogP contribution >= 0.6 is 0 Å². The molecule has 0 aliphatic heterocycles. The number of nitrogens with one attached hydrogen (secondary N) is 1. The zero-order valence-electron chi connectivity index (χ0n) is 24.2. The Morgan fingerprint density at radius 2 is 1.51 bits per heavy atom. The topological polar surface area (TPSA) is 129 Å². The molecule has 11 heteroatoms. The van der Waals surface area contributed by atoms with Crippen LogP contribution in [0.5, 0.6) is 11.5 Å². The molecule has 1 amide bonds. The van der Waals surface area contributed by atoms with Crippen molar-refractivity contribution < 1.29 is 28.6 Å². The third-order valence-corrected chi connectivity index (χ3v) is 6.78. The van der Waals surface area contributed by atoms with Crippen molar-refractivity contribution in [2.75, 3.05) is 13.2 Å². The molecule has 11 nitrogen and oxygen atoms in total. The maximum Gasteiger partial charge on any atom is 0.539 e. The summed E-state index contributed by atoms with van der Waals surface area (Å²) in [6, 6.07) is 22.4. The van der Waals surface area contributed by atoms with Crippen molar-refractivity contribution in [1.82, 2.24) is 14.6 Å². The fourth-order valence-corrected chi connectivity index (χ4v) is 4.35. The zero-order valence-corrected chi connectivity index (χ0v) is 24.2. The summed E-state index contributed by atoms with van der Waals surface area (Å²) in [4.78, 5) is 58.3. The van der Waals surface area contributed by atoms with Crippen molar-refractivity contribution in [3.05, 3.63) is 128 Å². The molecule has 0 aliphatic carbocycles. The van der Waals surface area contributed by atoms with Gasteiger partial charge in [0.05, 0.1) is 13.2 Å². The van der Waals surface area contributed by atoms with Gasteiger partial charge in [0.15, 0.2) is 0 Å². The second-order valence-electron chi connectivity index (χ2n) is 9.58. The van der Waals surface area contributed by atoms with Gasteiger partial charge in [-0.05, 0) is 61.2 Å². The third-order valence-electron chi connectivity index (χ3n) is 6.78. The highest BCUT2D eigenvalue weighted by molar-refractivity contribution is 5.72. The number of aromatic amines is 1. The maximum absolute atomic E-state index is 12.9. The average molecular weight is 588 g/mol. The molecule has 1 heterocycles. The minimum atomic E-state index is -1.16. The predicted octanol–water partition coefficient (Wildman–Crippen LogP) is 4.91. The minimum Gasteiger partial charge on any atom is -0.408 e. The van der Waals surface area contributed by atoms with Crippen LogP contribution in [0.25, 0.3) is 0 Å². The van der Waals surface area contributed by atoms with Crippen molar-refractivity contribution in [2.24, 2.45) is 0 Å². The van der Waals surface area contributed by atoms with E-state index in [-0.39, 0.29) is 31.4 Å². The van der Waals surface area contributed by atoms with Crippen molar-refractivity contribution in [3.63, 3.8) is 0 Å². The largest absolute Gasteiger partial charge is 0.539 e. The van der Waals surface area contributed by atoms with E-state index in [0.29, 0.717) is 29.2 Å². The summed E-state index contributed by atoms with van der Waals surface area (Å²) in [6.45, 7) is 5.21. The van der Waals surface area contributed by atoms with E-state index in [4.69, 9.17) is 19.0 Å². The molecule has 0 unspecified atom stereocenters. The number of benzene rings is 3. The van der Waals surface area contributed by atoms with Crippen LogP contribution in [0.2, 0.25) is 0 Å². The normalized spacial score (nSPS) is 10.7. The number of H-pyrrole nitrogens is 1. The Kier molecular flexibility index (Phi) is 10.5. The lowest BCUT2D eigenvalue weighted by Crippen LogP contribution is -2.40. The van der Waals surface area contributed by atoms with Gasteiger partial charge in [0, 0.05) is 17.7 Å². The van der Waals surface area contributed by atoms with Crippen molar-refractivity contribution in [2.45, 2.75) is 40.3 Å². The number of hydrogen-bond donors (Lipinski definition) is 1. The number of amides is 1. The van der Waals surface area contributed by atoms with Gasteiger partial charge in [-0.1, -0.05) is 61.5 Å². The lowest BCUT2D eigenvalue weighted by molar-refractivity contribution is -0.102. The number of nitrogens with zero attached hydrogens (tertiary/aromatic N) is 2. The van der Waals surface area contributed by atoms with Gasteiger partial charge in [-0.2, -0.15) is 0 Å². The van der Waals surface area contributed by atoms with E-state index in [9.17, 15) is 19.2 Å². The number of hydroxylamine groups is 2. The highest BCUT2D eigenvalue weighted by atomic mass is 16.8. The lowest BCUT2D eigenvalue weighted by Gasteiger charge is -2.21. The standard InChI is InChI=1S/C32H33N3O8/c1-4-27-28(20-24-13-11-12-22(2)23(24)3)34(30(37)33-29(27)36)21-40-19-18-35(31(38)41-25-14-7-5-8-15-25)43-32(39)42-26-16-9-6-10-17-26/h5-17H,4,18-21H2,1-3H3,(H,33,36,37). The highest BCUT2D eigenvalue weighted by Gasteiger charge is 2.23. The Morgan fingerprint density at radius 1 is 0.860 bits per heavy atom. The molecule has 0 aliphatic rings. The predicted molar refractivity (Wildman–Crippen MR) is 158 cm³/mol. The molecular weight excluding hydrogens is 554 g/mol. The SMILES string of the molecule is CCc1c(Cc2cccc(C)c2C)n(COCCN(OC(=O)Oc2ccccc2)C(=O)Oc2ccccc2)c(=O)[nH]c1=O. The average Bonchev–Trinajstić information content (AvgIpc) is 2.99. The van der Waals surface area contributed by atoms with E-state index in [0.717, 1.165) is 16.7 Å². The smallest absolute Gasteiger partial charge is 0.408 e. The molecule has 1 aromatic heterocycles. The number of ether oxygens (including phenoxy) is 3. The molecular formula is C32H33N3O8. The number of rotatable bonds is 10. The van der Waals surface area contributed by atoms with E-state index in [1.165, 1.54) is 4.57 Å². The van der Waals surface area contributed by atoms with Gasteiger partial charge in [0.25, 0.3) is 5.56 Å². The van der Waals surface area contributed by atoms with Gasteiger partial charge in [-0.3, -0.25) is 19.2 Å². The van der Waals surface area contributed by atoms with Gasteiger partial charge < -0.3 is 14.2 Å². The molecule has 4 rings (SSSR count). The molecule has 0 bridgehead atoms. The number of carbonyl (C=O) groups is 2. The van der Waals surface area contributed by atoms with Crippen LogP contribution < -0.4 is 20.7 Å². The van der Waals surface area contributed by atoms with Gasteiger partial charge in [-0.15, -0.1) is 5.06 Å². The fraction of sp³-hybridized carbons (Fsp3) is 0.250. The molecule has 3 aromatic carbocycles. The monoisotopic (exact) mass is 587 g/mol. The van der Waals surface area contributed by atoms with Crippen molar-refractivity contribution >= 4 is 12.2 Å². The second-order valence-corrected chi connectivity index (χ2v) is 9.58. The van der Waals surface area contributed by atoms with Crippen LogP contribution in [0.4, 0.5) is 9.59 Å². The molecule has 0 saturated carbocycles. The molecule has 224 valence electrons. The van der Waals surface area contributed by atoms with Crippen molar-refractivity contribution in [1.29, 1.82) is 0 Å². The quantitative estimate of drug-likeness (QED) is 0.120. The fourth-order valence-electron chi connectivity index (χ4n) is 4.35. The molecule has 0 fully saturated rings. The number of aryl methyl sites for hydroxylation is 1. The van der Waals surface area contributed by atoms with Gasteiger partial charge in [0.1, 0.15) is 18.2 Å². The van der Waals surface area contributed by atoms with Gasteiger partial charge >= 0.3 is 17.9 Å². The first-order valence-corrected chi connectivity index (χ1v) is 13.7. The molecule has 0 atom stereocenters. The van der Waals surface area contributed by atoms with E-state index in [1.807, 2.05) is 39.0 Å². The van der Waals surface area contributed by atoms with Crippen LogP contribution in [-0.2, 0) is 29.1 Å². The Morgan fingerprint density at radius 3 is 2.16 bits per heavy atom. The van der Waals surface area contributed by atoms with Gasteiger partial charge in [-0.25, -0.2) is 14.4 Å².